The molecule has 0 spiro atoms. The lowest BCUT2D eigenvalue weighted by Gasteiger charge is -2.26. The Balaban J connectivity index is 5.18. The standard InChI is InChI=1S/C6H5F7O/c7-4(2-1-3-14,5(8,9)10)6(11,12)13/h1-2,14H,3H2/b2-1+. The number of allylic oxidation sites excluding steroid dienone is 1. The Hall–Kier alpha value is -0.790. The number of aliphatic hydroxyl groups excluding tert-OH is 1. The van der Waals surface area contributed by atoms with Crippen LogP contribution in [0.4, 0.5) is 30.7 Å². The molecule has 0 aliphatic heterocycles. The predicted octanol–water partition coefficient (Wildman–Crippen LogP) is 2.37. The molecule has 0 aliphatic rings. The minimum Gasteiger partial charge on any atom is -0.392 e. The van der Waals surface area contributed by atoms with E-state index in [0.29, 0.717) is 0 Å². The zero-order valence-electron chi connectivity index (χ0n) is 6.45. The summed E-state index contributed by atoms with van der Waals surface area (Å²) in [7, 11) is 0. The number of aliphatic hydroxyl groups is 1. The van der Waals surface area contributed by atoms with E-state index in [0.717, 1.165) is 0 Å². The molecule has 1 N–H and O–H groups in total. The molecule has 0 aromatic carbocycles. The van der Waals surface area contributed by atoms with Gasteiger partial charge in [0.25, 0.3) is 0 Å². The third kappa shape index (κ3) is 2.37. The first-order valence-electron chi connectivity index (χ1n) is 3.17. The monoisotopic (exact) mass is 226 g/mol. The molecule has 0 atom stereocenters. The van der Waals surface area contributed by atoms with Gasteiger partial charge in [0.2, 0.25) is 0 Å². The van der Waals surface area contributed by atoms with Gasteiger partial charge < -0.3 is 5.11 Å². The molecule has 0 radical (unpaired) electrons. The normalized spacial score (nSPS) is 15.1. The van der Waals surface area contributed by atoms with Crippen LogP contribution in [0.5, 0.6) is 0 Å². The molecule has 0 saturated heterocycles. The number of alkyl halides is 7. The maximum atomic E-state index is 12.5. The second-order valence-electron chi connectivity index (χ2n) is 2.29. The third-order valence-electron chi connectivity index (χ3n) is 1.28. The van der Waals surface area contributed by atoms with Gasteiger partial charge in [0.15, 0.2) is 0 Å². The van der Waals surface area contributed by atoms with Crippen LogP contribution in [-0.4, -0.2) is 29.7 Å². The van der Waals surface area contributed by atoms with Crippen molar-refractivity contribution >= 4 is 0 Å². The summed E-state index contributed by atoms with van der Waals surface area (Å²) in [5, 5.41) is 7.97. The van der Waals surface area contributed by atoms with Gasteiger partial charge in [-0.1, -0.05) is 6.08 Å². The fraction of sp³-hybridized carbons (Fsp3) is 0.667. The van der Waals surface area contributed by atoms with E-state index in [-0.39, 0.29) is 6.08 Å². The van der Waals surface area contributed by atoms with Gasteiger partial charge in [-0.25, -0.2) is 4.39 Å². The van der Waals surface area contributed by atoms with Crippen molar-refractivity contribution in [2.24, 2.45) is 0 Å². The topological polar surface area (TPSA) is 20.2 Å². The molecule has 0 amide bonds. The van der Waals surface area contributed by atoms with E-state index in [1.165, 1.54) is 0 Å². The molecule has 0 aliphatic carbocycles. The van der Waals surface area contributed by atoms with Crippen molar-refractivity contribution in [2.75, 3.05) is 6.61 Å². The maximum Gasteiger partial charge on any atom is 0.435 e. The minimum absolute atomic E-state index is 0.0426. The first-order valence-corrected chi connectivity index (χ1v) is 3.17. The summed E-state index contributed by atoms with van der Waals surface area (Å²) in [6, 6.07) is 0. The van der Waals surface area contributed by atoms with E-state index in [1.54, 1.807) is 0 Å². The largest absolute Gasteiger partial charge is 0.435 e. The van der Waals surface area contributed by atoms with Gasteiger partial charge in [0.05, 0.1) is 6.61 Å². The van der Waals surface area contributed by atoms with E-state index in [1.807, 2.05) is 0 Å². The molecular formula is C6H5F7O. The molecule has 1 nitrogen and oxygen atoms in total. The molecule has 0 fully saturated rings. The lowest BCUT2D eigenvalue weighted by atomic mass is 10.0. The Labute approximate surface area is 73.8 Å². The average Bonchev–Trinajstić information content (AvgIpc) is 1.95. The van der Waals surface area contributed by atoms with Crippen molar-refractivity contribution in [3.63, 3.8) is 0 Å². The zero-order valence-corrected chi connectivity index (χ0v) is 6.45. The summed E-state index contributed by atoms with van der Waals surface area (Å²) in [6.45, 7) is -1.11. The fourth-order valence-electron chi connectivity index (χ4n) is 0.565. The first-order chi connectivity index (χ1) is 6.06. The molecule has 0 aromatic heterocycles. The third-order valence-corrected chi connectivity index (χ3v) is 1.28. The Morgan fingerprint density at radius 2 is 1.21 bits per heavy atom. The summed E-state index contributed by atoms with van der Waals surface area (Å²) in [6.07, 6.45) is -12.9. The van der Waals surface area contributed by atoms with Crippen molar-refractivity contribution in [3.8, 4) is 0 Å². The number of hydrogen-bond donors (Lipinski definition) is 1. The van der Waals surface area contributed by atoms with Crippen LogP contribution in [0.15, 0.2) is 12.2 Å². The van der Waals surface area contributed by atoms with Crippen LogP contribution in [0.25, 0.3) is 0 Å². The lowest BCUT2D eigenvalue weighted by molar-refractivity contribution is -0.322. The quantitative estimate of drug-likeness (QED) is 0.566. The van der Waals surface area contributed by atoms with Crippen LogP contribution in [0.1, 0.15) is 0 Å². The summed E-state index contributed by atoms with van der Waals surface area (Å²) in [5.41, 5.74) is -5.41. The highest BCUT2D eigenvalue weighted by Crippen LogP contribution is 2.46. The molecule has 14 heavy (non-hydrogen) atoms. The molecule has 0 heterocycles. The second kappa shape index (κ2) is 3.76. The highest BCUT2D eigenvalue weighted by Gasteiger charge is 2.70. The van der Waals surface area contributed by atoms with Gasteiger partial charge in [-0.3, -0.25) is 0 Å². The van der Waals surface area contributed by atoms with E-state index < -0.39 is 30.7 Å². The van der Waals surface area contributed by atoms with Crippen LogP contribution in [0.2, 0.25) is 0 Å². The minimum atomic E-state index is -6.10. The Morgan fingerprint density at radius 1 is 0.857 bits per heavy atom. The molecule has 0 unspecified atom stereocenters. The lowest BCUT2D eigenvalue weighted by Crippen LogP contribution is -2.51. The molecule has 84 valence electrons. The summed E-state index contributed by atoms with van der Waals surface area (Å²) in [5.74, 6) is 0. The van der Waals surface area contributed by atoms with Gasteiger partial charge in [0.1, 0.15) is 0 Å². The fourth-order valence-corrected chi connectivity index (χ4v) is 0.565. The molecular weight excluding hydrogens is 221 g/mol. The van der Waals surface area contributed by atoms with E-state index in [4.69, 9.17) is 5.11 Å². The summed E-state index contributed by atoms with van der Waals surface area (Å²) in [4.78, 5) is 0. The van der Waals surface area contributed by atoms with Gasteiger partial charge in [0, 0.05) is 0 Å². The second-order valence-corrected chi connectivity index (χ2v) is 2.29. The van der Waals surface area contributed by atoms with Crippen molar-refractivity contribution in [2.45, 2.75) is 18.0 Å². The predicted molar refractivity (Wildman–Crippen MR) is 32.2 cm³/mol. The molecule has 8 heteroatoms. The molecule has 0 rings (SSSR count). The SMILES string of the molecule is OC/C=C/C(F)(C(F)(F)F)C(F)(F)F. The highest BCUT2D eigenvalue weighted by molar-refractivity contribution is 5.10. The number of rotatable bonds is 2. The molecule has 0 bridgehead atoms. The van der Waals surface area contributed by atoms with Crippen molar-refractivity contribution in [1.29, 1.82) is 0 Å². The van der Waals surface area contributed by atoms with Crippen LogP contribution >= 0.6 is 0 Å². The zero-order chi connectivity index (χ0) is 11.6. The van der Waals surface area contributed by atoms with Crippen molar-refractivity contribution < 1.29 is 35.8 Å². The van der Waals surface area contributed by atoms with Crippen LogP contribution < -0.4 is 0 Å². The number of halogens is 7. The Kier molecular flexibility index (Phi) is 3.54. The first kappa shape index (κ1) is 13.2. The summed E-state index contributed by atoms with van der Waals surface area (Å²) < 4.78 is 82.7. The number of hydrogen-bond acceptors (Lipinski definition) is 1. The van der Waals surface area contributed by atoms with Gasteiger partial charge in [-0.15, -0.1) is 0 Å². The van der Waals surface area contributed by atoms with E-state index >= 15 is 0 Å². The van der Waals surface area contributed by atoms with Gasteiger partial charge in [-0.05, 0) is 6.08 Å². The van der Waals surface area contributed by atoms with Crippen molar-refractivity contribution in [3.05, 3.63) is 12.2 Å². The van der Waals surface area contributed by atoms with Crippen LogP contribution in [0.3, 0.4) is 0 Å². The van der Waals surface area contributed by atoms with E-state index in [9.17, 15) is 30.7 Å². The highest BCUT2D eigenvalue weighted by atomic mass is 19.4. The van der Waals surface area contributed by atoms with Crippen LogP contribution in [0, 0.1) is 0 Å². The average molecular weight is 226 g/mol. The molecule has 0 aromatic rings. The molecule has 0 saturated carbocycles. The smallest absolute Gasteiger partial charge is 0.392 e. The van der Waals surface area contributed by atoms with Crippen molar-refractivity contribution in [1.82, 2.24) is 0 Å². The Morgan fingerprint density at radius 3 is 1.43 bits per heavy atom. The van der Waals surface area contributed by atoms with Gasteiger partial charge >= 0.3 is 18.0 Å². The maximum absolute atomic E-state index is 12.5. The Bertz CT molecular complexity index is 199. The summed E-state index contributed by atoms with van der Waals surface area (Å²) >= 11 is 0. The van der Waals surface area contributed by atoms with Crippen LogP contribution in [-0.2, 0) is 0 Å². The van der Waals surface area contributed by atoms with E-state index in [2.05, 4.69) is 0 Å². The van der Waals surface area contributed by atoms with Gasteiger partial charge in [-0.2, -0.15) is 26.3 Å².